The lowest BCUT2D eigenvalue weighted by Crippen LogP contribution is -2.46. The SMILES string of the molecule is COC1/C=C\OC2(C)Oc3c(C)c(O)c4c(O)c(c(/C=N/N=C\c5c6c(O)c7c(O)c(C)c8c(c7c5O)C(=O)C(C)(O/C=C/C(OC)C(C)C(OC(C)=O)C(C)C(O)C(C)C(O)C(C)/C=C/C=C(\C)C(=O)N6)O8)c(O)c4c3C2=O)NC(=O)/C(C)=C/C=C\C(C)C(O)C(C)C(O)C(C)C(OC(C)=O)C1C. The Morgan fingerprint density at radius 3 is 1.13 bits per heavy atom. The van der Waals surface area contributed by atoms with Crippen molar-refractivity contribution in [2.45, 2.75) is 171 Å². The third kappa shape index (κ3) is 15.1. The Morgan fingerprint density at radius 2 is 0.817 bits per heavy atom. The van der Waals surface area contributed by atoms with Crippen LogP contribution >= 0.6 is 0 Å². The Kier molecular flexibility index (Phi) is 24.3. The number of phenols is 6. The van der Waals surface area contributed by atoms with E-state index in [1.165, 1.54) is 106 Å². The molecule has 28 heteroatoms. The quantitative estimate of drug-likeness (QED) is 0.0269. The Hall–Kier alpha value is -9.84. The Morgan fingerprint density at radius 1 is 0.481 bits per heavy atom. The van der Waals surface area contributed by atoms with Crippen molar-refractivity contribution in [2.24, 2.45) is 57.5 Å². The number of ketones is 2. The molecule has 0 aliphatic carbocycles. The monoisotopic (exact) mass is 1450 g/mol. The summed E-state index contributed by atoms with van der Waals surface area (Å²) in [6, 6.07) is 0. The molecule has 6 heterocycles. The third-order valence-electron chi connectivity index (χ3n) is 20.5. The van der Waals surface area contributed by atoms with Gasteiger partial charge < -0.3 is 99.6 Å². The van der Waals surface area contributed by atoms with Crippen LogP contribution in [0.15, 0.2) is 82.5 Å². The van der Waals surface area contributed by atoms with E-state index in [-0.39, 0.29) is 33.8 Å². The summed E-state index contributed by atoms with van der Waals surface area (Å²) in [5.41, 5.74) is -3.60. The molecule has 4 aromatic rings. The summed E-state index contributed by atoms with van der Waals surface area (Å²) >= 11 is 0. The molecule has 10 rings (SSSR count). The number of aliphatic hydroxyl groups excluding tert-OH is 4. The number of anilines is 2. The fourth-order valence-electron chi connectivity index (χ4n) is 13.9. The zero-order valence-electron chi connectivity index (χ0n) is 61.2. The van der Waals surface area contributed by atoms with Gasteiger partial charge in [0.05, 0.1) is 106 Å². The van der Waals surface area contributed by atoms with Gasteiger partial charge in [0.25, 0.3) is 23.4 Å². The van der Waals surface area contributed by atoms with Crippen molar-refractivity contribution < 1.29 is 118 Å². The Bertz CT molecular complexity index is 4070. The van der Waals surface area contributed by atoms with Gasteiger partial charge in [0.15, 0.2) is 11.5 Å². The predicted molar refractivity (Wildman–Crippen MR) is 383 cm³/mol. The van der Waals surface area contributed by atoms with Gasteiger partial charge in [-0.15, -0.1) is 0 Å². The van der Waals surface area contributed by atoms with Crippen LogP contribution in [0, 0.1) is 61.2 Å². The van der Waals surface area contributed by atoms with Gasteiger partial charge in [-0.1, -0.05) is 91.8 Å². The molecule has 104 heavy (non-hydrogen) atoms. The first-order chi connectivity index (χ1) is 48.7. The number of aromatic hydroxyl groups is 6. The van der Waals surface area contributed by atoms with Gasteiger partial charge in [0.2, 0.25) is 0 Å². The van der Waals surface area contributed by atoms with Crippen LogP contribution in [0.1, 0.15) is 140 Å². The number of phenolic OH excluding ortho intramolecular Hbond substituents is 6. The Labute approximate surface area is 601 Å². The van der Waals surface area contributed by atoms with Gasteiger partial charge in [-0.3, -0.25) is 28.8 Å². The van der Waals surface area contributed by atoms with Crippen molar-refractivity contribution in [3.05, 3.63) is 106 Å². The van der Waals surface area contributed by atoms with Crippen molar-refractivity contribution in [1.82, 2.24) is 0 Å². The molecule has 4 aromatic carbocycles. The fraction of sp³-hybridized carbons (Fsp3) is 0.474. The van der Waals surface area contributed by atoms with Crippen LogP contribution in [0.25, 0.3) is 21.5 Å². The lowest BCUT2D eigenvalue weighted by Gasteiger charge is -2.38. The average Bonchev–Trinajstić information content (AvgIpc) is 1.49. The number of amides is 2. The number of methoxy groups -OCH3 is 2. The average molecular weight is 1450 g/mol. The fourth-order valence-corrected chi connectivity index (χ4v) is 13.9. The number of nitrogens with zero attached hydrogens (tertiary/aromatic N) is 2. The molecule has 0 saturated heterocycles. The van der Waals surface area contributed by atoms with E-state index in [4.69, 9.17) is 37.9 Å². The minimum atomic E-state index is -2.29. The molecule has 18 unspecified atom stereocenters. The van der Waals surface area contributed by atoms with Crippen LogP contribution < -0.4 is 20.1 Å². The number of hydrogen-bond acceptors (Lipinski definition) is 26. The second-order valence-electron chi connectivity index (χ2n) is 27.7. The normalized spacial score (nSPS) is 32.8. The van der Waals surface area contributed by atoms with E-state index in [2.05, 4.69) is 20.8 Å². The maximum Gasteiger partial charge on any atom is 0.312 e. The number of esters is 2. The highest BCUT2D eigenvalue weighted by molar-refractivity contribution is 6.25. The topological polar surface area (TPSA) is 427 Å². The van der Waals surface area contributed by atoms with Crippen LogP contribution in [0.2, 0.25) is 0 Å². The summed E-state index contributed by atoms with van der Waals surface area (Å²) in [5, 5.41) is 132. The molecule has 28 nitrogen and oxygen atoms in total. The number of aliphatic hydroxyl groups is 4. The molecule has 18 atom stereocenters. The van der Waals surface area contributed by atoms with Crippen LogP contribution in [-0.4, -0.2) is 173 Å². The number of benzene rings is 4. The van der Waals surface area contributed by atoms with Crippen LogP contribution in [0.5, 0.6) is 46.0 Å². The van der Waals surface area contributed by atoms with Crippen LogP contribution in [-0.2, 0) is 47.6 Å². The summed E-state index contributed by atoms with van der Waals surface area (Å²) in [6.07, 6.45) is 6.54. The summed E-state index contributed by atoms with van der Waals surface area (Å²) < 4.78 is 47.7. The molecule has 0 saturated carbocycles. The number of rotatable bonds is 7. The zero-order valence-corrected chi connectivity index (χ0v) is 61.2. The lowest BCUT2D eigenvalue weighted by molar-refractivity contribution is -0.161. The van der Waals surface area contributed by atoms with E-state index < -0.39 is 233 Å². The second kappa shape index (κ2) is 31.6. The highest BCUT2D eigenvalue weighted by Gasteiger charge is 2.52. The van der Waals surface area contributed by atoms with E-state index in [0.29, 0.717) is 0 Å². The summed E-state index contributed by atoms with van der Waals surface area (Å²) in [6.45, 7) is 23.6. The minimum Gasteiger partial charge on any atom is -0.507 e. The molecule has 12 N–H and O–H groups in total. The number of ether oxygens (including phenoxy) is 8. The number of hydrogen-bond donors (Lipinski definition) is 12. The van der Waals surface area contributed by atoms with Crippen LogP contribution in [0.4, 0.5) is 11.4 Å². The van der Waals surface area contributed by atoms with Gasteiger partial charge in [0, 0.05) is 122 Å². The van der Waals surface area contributed by atoms with Crippen molar-refractivity contribution in [1.29, 1.82) is 0 Å². The summed E-state index contributed by atoms with van der Waals surface area (Å²) in [4.78, 5) is 83.9. The first kappa shape index (κ1) is 79.9. The van der Waals surface area contributed by atoms with Crippen molar-refractivity contribution in [3.63, 3.8) is 0 Å². The summed E-state index contributed by atoms with van der Waals surface area (Å²) in [5.74, 6) is -21.5. The smallest absolute Gasteiger partial charge is 0.312 e. The molecule has 2 amide bonds. The van der Waals surface area contributed by atoms with Gasteiger partial charge in [-0.05, 0) is 39.8 Å². The first-order valence-electron chi connectivity index (χ1n) is 34.0. The molecule has 10 bridgehead atoms. The number of nitrogens with one attached hydrogen (secondary N) is 2. The number of carbonyl (C=O) groups is 6. The van der Waals surface area contributed by atoms with Gasteiger partial charge in [-0.2, -0.15) is 10.2 Å². The van der Waals surface area contributed by atoms with E-state index in [9.17, 15) is 79.8 Å². The minimum absolute atomic E-state index is 0.0414. The number of allylic oxidation sites excluding steroid dienone is 4. The molecule has 0 radical (unpaired) electrons. The predicted octanol–water partition coefficient (Wildman–Crippen LogP) is 9.27. The maximum atomic E-state index is 15.0. The highest BCUT2D eigenvalue weighted by atomic mass is 16.7. The highest BCUT2D eigenvalue weighted by Crippen LogP contribution is 2.57. The number of Topliss-reactive ketones (excluding diaryl/α,β-unsaturated/α-hetero) is 2. The molecular weight excluding hydrogens is 1350 g/mol. The standard InChI is InChI=1S/C76H94N4O24/c1-31-21-19-23-33(3)73(95)79-55-45(63(89)49-51(65(55)91)61(87)41(11)69-53(49)71(93)75(15,103-69)99-27-25-47(97-17)35(5)67(101-43(13)81)39(9)59(85)37(7)57(31)83)29-77-78-30-46-56-66(92)52-50(64(46)90)54-70(42(12)62(52)88)104-76(16,72(54)94)100-28-26-48(98-18)36(6)68(102-44(14)82)40(10)60(86)38(8)58(84)32(2)22-20-24-34(4)74(96)80-56/h19-32,35-40,47-48,57-60,67-68,83-92H,1-18H3,(H,79,95)(H,80,96)/b21-19-,22-20+,27-25-,28-26+,33-23+,34-24+,77-29+,78-30-. The molecule has 0 spiro atoms. The molecule has 0 aromatic heterocycles. The van der Waals surface area contributed by atoms with Crippen molar-refractivity contribution in [2.75, 3.05) is 24.9 Å². The number of fused-ring (bicyclic) bond motifs is 28. The maximum absolute atomic E-state index is 15.0. The first-order valence-corrected chi connectivity index (χ1v) is 34.0. The molecular formula is C76H94N4O24. The van der Waals surface area contributed by atoms with Gasteiger partial charge >= 0.3 is 23.5 Å². The third-order valence-corrected chi connectivity index (χ3v) is 20.5. The molecule has 0 fully saturated rings. The lowest BCUT2D eigenvalue weighted by atomic mass is 9.78. The molecule has 6 aliphatic rings. The molecule has 562 valence electrons. The zero-order chi connectivity index (χ0) is 77.4. The largest absolute Gasteiger partial charge is 0.507 e. The second-order valence-corrected chi connectivity index (χ2v) is 27.7. The van der Waals surface area contributed by atoms with E-state index in [0.717, 1.165) is 25.0 Å². The van der Waals surface area contributed by atoms with E-state index >= 15 is 0 Å². The van der Waals surface area contributed by atoms with Gasteiger partial charge in [-0.25, -0.2) is 0 Å². The Balaban J connectivity index is 1.32. The molecule has 6 aliphatic heterocycles. The number of carbonyl (C=O) groups excluding carboxylic acids is 6. The van der Waals surface area contributed by atoms with E-state index in [1.807, 2.05) is 0 Å². The van der Waals surface area contributed by atoms with Crippen molar-refractivity contribution >= 4 is 80.7 Å². The van der Waals surface area contributed by atoms with Gasteiger partial charge in [0.1, 0.15) is 46.7 Å². The van der Waals surface area contributed by atoms with Crippen molar-refractivity contribution in [3.8, 4) is 46.0 Å². The summed E-state index contributed by atoms with van der Waals surface area (Å²) in [7, 11) is 2.74. The van der Waals surface area contributed by atoms with Crippen LogP contribution in [0.3, 0.4) is 0 Å². The van der Waals surface area contributed by atoms with E-state index in [1.54, 1.807) is 67.5 Å².